The van der Waals surface area contributed by atoms with Crippen LogP contribution in [0.4, 0.5) is 0 Å². The van der Waals surface area contributed by atoms with Crippen molar-refractivity contribution in [2.24, 2.45) is 11.7 Å². The quantitative estimate of drug-likeness (QED) is 0.565. The van der Waals surface area contributed by atoms with Crippen molar-refractivity contribution in [3.63, 3.8) is 0 Å². The van der Waals surface area contributed by atoms with E-state index in [1.165, 1.54) is 7.11 Å². The van der Waals surface area contributed by atoms with Crippen LogP contribution in [0.3, 0.4) is 0 Å². The lowest BCUT2D eigenvalue weighted by molar-refractivity contribution is -0.147. The van der Waals surface area contributed by atoms with E-state index in [-0.39, 0.29) is 5.97 Å². The lowest BCUT2D eigenvalue weighted by Crippen LogP contribution is -2.47. The van der Waals surface area contributed by atoms with Crippen LogP contribution in [0.1, 0.15) is 19.8 Å². The van der Waals surface area contributed by atoms with Crippen molar-refractivity contribution in [3.05, 3.63) is 0 Å². The molecule has 1 aliphatic rings. The van der Waals surface area contributed by atoms with Crippen LogP contribution in [-0.4, -0.2) is 18.6 Å². The Hall–Kier alpha value is -0.570. The van der Waals surface area contributed by atoms with E-state index in [1.54, 1.807) is 6.92 Å². The highest BCUT2D eigenvalue weighted by atomic mass is 16.5. The Morgan fingerprint density at radius 3 is 2.50 bits per heavy atom. The summed E-state index contributed by atoms with van der Waals surface area (Å²) in [5.74, 6) is 0.0509. The molecule has 0 spiro atoms. The molecule has 1 rings (SSSR count). The first kappa shape index (κ1) is 7.54. The third kappa shape index (κ3) is 1.14. The van der Waals surface area contributed by atoms with Crippen molar-refractivity contribution in [1.82, 2.24) is 0 Å². The van der Waals surface area contributed by atoms with E-state index in [0.717, 1.165) is 12.8 Å². The number of carbonyl (C=O) groups excluding carboxylic acids is 1. The van der Waals surface area contributed by atoms with E-state index in [2.05, 4.69) is 4.74 Å². The standard InChI is InChI=1S/C7H13NO2/c1-7(8,5-3-4-5)6(9)10-2/h5H,3-4,8H2,1-2H3. The molecule has 0 amide bonds. The second kappa shape index (κ2) is 2.23. The molecule has 1 atom stereocenters. The van der Waals surface area contributed by atoms with Crippen LogP contribution in [0.5, 0.6) is 0 Å². The molecular formula is C7H13NO2. The number of ether oxygens (including phenoxy) is 1. The average molecular weight is 143 g/mol. The van der Waals surface area contributed by atoms with Gasteiger partial charge in [0, 0.05) is 0 Å². The Morgan fingerprint density at radius 1 is 1.70 bits per heavy atom. The van der Waals surface area contributed by atoms with Gasteiger partial charge in [-0.2, -0.15) is 0 Å². The molecular weight excluding hydrogens is 130 g/mol. The Balaban J connectivity index is 2.56. The summed E-state index contributed by atoms with van der Waals surface area (Å²) >= 11 is 0. The summed E-state index contributed by atoms with van der Waals surface area (Å²) < 4.78 is 4.55. The summed E-state index contributed by atoms with van der Waals surface area (Å²) in [5.41, 5.74) is 4.96. The summed E-state index contributed by atoms with van der Waals surface area (Å²) in [6.07, 6.45) is 2.12. The van der Waals surface area contributed by atoms with Gasteiger partial charge < -0.3 is 10.5 Å². The Kier molecular flexibility index (Phi) is 1.68. The van der Waals surface area contributed by atoms with E-state index in [9.17, 15) is 4.79 Å². The van der Waals surface area contributed by atoms with E-state index in [0.29, 0.717) is 5.92 Å². The minimum atomic E-state index is -0.741. The first-order valence-electron chi connectivity index (χ1n) is 3.46. The molecule has 58 valence electrons. The van der Waals surface area contributed by atoms with Gasteiger partial charge in [-0.05, 0) is 25.7 Å². The van der Waals surface area contributed by atoms with E-state index >= 15 is 0 Å². The Bertz CT molecular complexity index is 150. The molecule has 1 saturated carbocycles. The summed E-state index contributed by atoms with van der Waals surface area (Å²) in [7, 11) is 1.37. The largest absolute Gasteiger partial charge is 0.468 e. The molecule has 0 aliphatic heterocycles. The average Bonchev–Trinajstić information content (AvgIpc) is 2.66. The smallest absolute Gasteiger partial charge is 0.325 e. The number of methoxy groups -OCH3 is 1. The Morgan fingerprint density at radius 2 is 2.20 bits per heavy atom. The van der Waals surface area contributed by atoms with E-state index < -0.39 is 5.54 Å². The second-order valence-electron chi connectivity index (χ2n) is 3.05. The van der Waals surface area contributed by atoms with E-state index in [4.69, 9.17) is 5.73 Å². The van der Waals surface area contributed by atoms with Gasteiger partial charge in [0.25, 0.3) is 0 Å². The molecule has 1 aliphatic carbocycles. The maximum Gasteiger partial charge on any atom is 0.325 e. The predicted molar refractivity (Wildman–Crippen MR) is 37.3 cm³/mol. The van der Waals surface area contributed by atoms with Crippen molar-refractivity contribution in [2.45, 2.75) is 25.3 Å². The molecule has 1 fully saturated rings. The molecule has 0 saturated heterocycles. The third-order valence-corrected chi connectivity index (χ3v) is 2.05. The fourth-order valence-corrected chi connectivity index (χ4v) is 1.07. The van der Waals surface area contributed by atoms with Crippen molar-refractivity contribution >= 4 is 5.97 Å². The fourth-order valence-electron chi connectivity index (χ4n) is 1.07. The maximum atomic E-state index is 11.0. The molecule has 0 bridgehead atoms. The summed E-state index contributed by atoms with van der Waals surface area (Å²) in [6, 6.07) is 0. The second-order valence-corrected chi connectivity index (χ2v) is 3.05. The van der Waals surface area contributed by atoms with Crippen molar-refractivity contribution in [3.8, 4) is 0 Å². The molecule has 0 aromatic carbocycles. The highest BCUT2D eigenvalue weighted by Crippen LogP contribution is 2.38. The van der Waals surface area contributed by atoms with E-state index in [1.807, 2.05) is 0 Å². The van der Waals surface area contributed by atoms with Crippen LogP contribution < -0.4 is 5.73 Å². The number of rotatable bonds is 2. The fraction of sp³-hybridized carbons (Fsp3) is 0.857. The zero-order chi connectivity index (χ0) is 7.78. The molecule has 3 nitrogen and oxygen atoms in total. The van der Waals surface area contributed by atoms with Crippen LogP contribution in [0, 0.1) is 5.92 Å². The maximum absolute atomic E-state index is 11.0. The van der Waals surface area contributed by atoms with Crippen LogP contribution in [0.25, 0.3) is 0 Å². The Labute approximate surface area is 60.5 Å². The van der Waals surface area contributed by atoms with Crippen molar-refractivity contribution in [1.29, 1.82) is 0 Å². The predicted octanol–water partition coefficient (Wildman–Crippen LogP) is 0.287. The molecule has 0 heterocycles. The lowest BCUT2D eigenvalue weighted by Gasteiger charge is -2.20. The number of hydrogen-bond donors (Lipinski definition) is 1. The first-order chi connectivity index (χ1) is 4.59. The van der Waals surface area contributed by atoms with Crippen LogP contribution in [0.15, 0.2) is 0 Å². The molecule has 0 aromatic heterocycles. The van der Waals surface area contributed by atoms with Gasteiger partial charge in [-0.15, -0.1) is 0 Å². The number of esters is 1. The first-order valence-corrected chi connectivity index (χ1v) is 3.46. The molecule has 1 unspecified atom stereocenters. The van der Waals surface area contributed by atoms with Gasteiger partial charge in [0.2, 0.25) is 0 Å². The SMILES string of the molecule is COC(=O)C(C)(N)C1CC1. The minimum absolute atomic E-state index is 0.296. The van der Waals surface area contributed by atoms with Gasteiger partial charge in [-0.25, -0.2) is 0 Å². The number of hydrogen-bond acceptors (Lipinski definition) is 3. The van der Waals surface area contributed by atoms with Gasteiger partial charge in [-0.3, -0.25) is 4.79 Å². The zero-order valence-electron chi connectivity index (χ0n) is 6.39. The van der Waals surface area contributed by atoms with Crippen molar-refractivity contribution < 1.29 is 9.53 Å². The third-order valence-electron chi connectivity index (χ3n) is 2.05. The molecule has 0 radical (unpaired) electrons. The topological polar surface area (TPSA) is 52.3 Å². The summed E-state index contributed by atoms with van der Waals surface area (Å²) in [5, 5.41) is 0. The zero-order valence-corrected chi connectivity index (χ0v) is 6.39. The van der Waals surface area contributed by atoms with Crippen LogP contribution in [-0.2, 0) is 9.53 Å². The monoisotopic (exact) mass is 143 g/mol. The van der Waals surface area contributed by atoms with Gasteiger partial charge in [0.05, 0.1) is 7.11 Å². The van der Waals surface area contributed by atoms with Gasteiger partial charge in [0.1, 0.15) is 5.54 Å². The van der Waals surface area contributed by atoms with Gasteiger partial charge in [0.15, 0.2) is 0 Å². The minimum Gasteiger partial charge on any atom is -0.468 e. The highest BCUT2D eigenvalue weighted by Gasteiger charge is 2.44. The lowest BCUT2D eigenvalue weighted by atomic mass is 9.98. The van der Waals surface area contributed by atoms with Gasteiger partial charge >= 0.3 is 5.97 Å². The highest BCUT2D eigenvalue weighted by molar-refractivity contribution is 5.80. The number of carbonyl (C=O) groups is 1. The summed E-state index contributed by atoms with van der Waals surface area (Å²) in [6.45, 7) is 1.73. The molecule has 3 heteroatoms. The number of nitrogens with two attached hydrogens (primary N) is 1. The van der Waals surface area contributed by atoms with Crippen LogP contribution in [0.2, 0.25) is 0 Å². The van der Waals surface area contributed by atoms with Crippen molar-refractivity contribution in [2.75, 3.05) is 7.11 Å². The molecule has 0 aromatic rings. The molecule has 2 N–H and O–H groups in total. The normalized spacial score (nSPS) is 23.5. The summed E-state index contributed by atoms with van der Waals surface area (Å²) in [4.78, 5) is 11.0. The van der Waals surface area contributed by atoms with Crippen LogP contribution >= 0.6 is 0 Å². The molecule has 10 heavy (non-hydrogen) atoms. The van der Waals surface area contributed by atoms with Gasteiger partial charge in [-0.1, -0.05) is 0 Å².